The van der Waals surface area contributed by atoms with Crippen LogP contribution in [0.3, 0.4) is 0 Å². The van der Waals surface area contributed by atoms with Crippen LogP contribution in [0.5, 0.6) is 5.75 Å². The molecule has 2 aromatic carbocycles. The Bertz CT molecular complexity index is 1500. The number of aromatic nitrogens is 1. The highest BCUT2D eigenvalue weighted by molar-refractivity contribution is 7.07. The number of carbonyl (C=O) groups is 2. The standard InChI is InChI=1S/C25H21FN2O6S/c1-3-33-24(32)21-14(2)27-25-28(22(21)16-7-9-17(26)10-8-16)23(31)19(35-25)12-15-5-4-6-18(11-15)34-13-20(29)30/h4-12,22H,3,13H2,1-2H3,(H,29,30)/b19-12-/t22-/m1/s1. The Balaban J connectivity index is 1.85. The topological polar surface area (TPSA) is 107 Å². The number of fused-ring (bicyclic) bond motifs is 1. The lowest BCUT2D eigenvalue weighted by molar-refractivity contribution is -0.140. The second-order valence-electron chi connectivity index (χ2n) is 7.61. The Morgan fingerprint density at radius 1 is 1.23 bits per heavy atom. The van der Waals surface area contributed by atoms with Crippen molar-refractivity contribution in [3.63, 3.8) is 0 Å². The minimum Gasteiger partial charge on any atom is -0.482 e. The van der Waals surface area contributed by atoms with Crippen molar-refractivity contribution in [1.29, 1.82) is 0 Å². The van der Waals surface area contributed by atoms with Gasteiger partial charge < -0.3 is 14.6 Å². The molecule has 180 valence electrons. The fourth-order valence-electron chi connectivity index (χ4n) is 3.74. The predicted octanol–water partition coefficient (Wildman–Crippen LogP) is 2.40. The molecule has 1 atom stereocenters. The maximum atomic E-state index is 13.6. The lowest BCUT2D eigenvalue weighted by Gasteiger charge is -2.24. The van der Waals surface area contributed by atoms with Gasteiger partial charge in [0.15, 0.2) is 11.4 Å². The molecule has 3 aromatic rings. The van der Waals surface area contributed by atoms with Crippen LogP contribution in [0.15, 0.2) is 69.6 Å². The van der Waals surface area contributed by atoms with Gasteiger partial charge in [0.1, 0.15) is 11.6 Å². The number of aliphatic carboxylic acids is 1. The number of hydrogen-bond donors (Lipinski definition) is 1. The van der Waals surface area contributed by atoms with Gasteiger partial charge in [0.2, 0.25) is 0 Å². The molecule has 0 saturated carbocycles. The van der Waals surface area contributed by atoms with E-state index in [2.05, 4.69) is 4.99 Å². The van der Waals surface area contributed by atoms with Gasteiger partial charge >= 0.3 is 11.9 Å². The molecular weight excluding hydrogens is 475 g/mol. The largest absolute Gasteiger partial charge is 0.482 e. The predicted molar refractivity (Wildman–Crippen MR) is 126 cm³/mol. The monoisotopic (exact) mass is 496 g/mol. The van der Waals surface area contributed by atoms with Crippen molar-refractivity contribution in [2.24, 2.45) is 4.99 Å². The number of benzene rings is 2. The summed E-state index contributed by atoms with van der Waals surface area (Å²) in [6.45, 7) is 3.02. The summed E-state index contributed by atoms with van der Waals surface area (Å²) in [5, 5.41) is 8.82. The molecule has 2 heterocycles. The Morgan fingerprint density at radius 2 is 1.97 bits per heavy atom. The van der Waals surface area contributed by atoms with Crippen LogP contribution < -0.4 is 19.6 Å². The lowest BCUT2D eigenvalue weighted by atomic mass is 9.96. The zero-order valence-corrected chi connectivity index (χ0v) is 19.7. The van der Waals surface area contributed by atoms with Crippen LogP contribution in [0.2, 0.25) is 0 Å². The zero-order valence-electron chi connectivity index (χ0n) is 18.9. The molecule has 0 spiro atoms. The number of ether oxygens (including phenoxy) is 2. The summed E-state index contributed by atoms with van der Waals surface area (Å²) in [6.07, 6.45) is 1.64. The number of esters is 1. The van der Waals surface area contributed by atoms with E-state index in [-0.39, 0.29) is 17.7 Å². The van der Waals surface area contributed by atoms with Gasteiger partial charge in [-0.25, -0.2) is 19.0 Å². The molecule has 10 heteroatoms. The van der Waals surface area contributed by atoms with Crippen molar-refractivity contribution in [1.82, 2.24) is 4.57 Å². The van der Waals surface area contributed by atoms with Crippen LogP contribution in [0.4, 0.5) is 4.39 Å². The third kappa shape index (κ3) is 5.07. The minimum atomic E-state index is -1.10. The van der Waals surface area contributed by atoms with Crippen LogP contribution >= 0.6 is 11.3 Å². The maximum Gasteiger partial charge on any atom is 0.341 e. The van der Waals surface area contributed by atoms with Gasteiger partial charge in [-0.1, -0.05) is 35.6 Å². The highest BCUT2D eigenvalue weighted by Gasteiger charge is 2.33. The van der Waals surface area contributed by atoms with Gasteiger partial charge in [-0.05, 0) is 55.3 Å². The van der Waals surface area contributed by atoms with Gasteiger partial charge in [0.25, 0.3) is 5.56 Å². The number of halogens is 1. The normalized spacial score (nSPS) is 15.4. The van der Waals surface area contributed by atoms with Crippen molar-refractivity contribution in [3.05, 3.63) is 96.4 Å². The van der Waals surface area contributed by atoms with E-state index in [0.29, 0.717) is 31.9 Å². The summed E-state index contributed by atoms with van der Waals surface area (Å²) in [4.78, 5) is 42.0. The third-order valence-corrected chi connectivity index (χ3v) is 6.20. The quantitative estimate of drug-likeness (QED) is 0.504. The van der Waals surface area contributed by atoms with Crippen LogP contribution in [-0.4, -0.2) is 34.8 Å². The van der Waals surface area contributed by atoms with E-state index in [4.69, 9.17) is 14.6 Å². The molecule has 0 amide bonds. The fraction of sp³-hybridized carbons (Fsp3) is 0.200. The Labute approximate surface area is 202 Å². The summed E-state index contributed by atoms with van der Waals surface area (Å²) in [7, 11) is 0. The summed E-state index contributed by atoms with van der Waals surface area (Å²) in [6, 6.07) is 11.4. The van der Waals surface area contributed by atoms with Crippen LogP contribution in [0.25, 0.3) is 6.08 Å². The molecule has 8 nitrogen and oxygen atoms in total. The number of carboxylic acids is 1. The molecule has 0 fully saturated rings. The second kappa shape index (κ2) is 10.1. The molecule has 1 N–H and O–H groups in total. The third-order valence-electron chi connectivity index (χ3n) is 5.22. The summed E-state index contributed by atoms with van der Waals surface area (Å²) >= 11 is 1.15. The number of hydrogen-bond acceptors (Lipinski definition) is 7. The summed E-state index contributed by atoms with van der Waals surface area (Å²) in [5.41, 5.74) is 1.41. The highest BCUT2D eigenvalue weighted by atomic mass is 32.1. The molecule has 35 heavy (non-hydrogen) atoms. The average Bonchev–Trinajstić information content (AvgIpc) is 3.12. The van der Waals surface area contributed by atoms with E-state index in [1.165, 1.54) is 28.8 Å². The Morgan fingerprint density at radius 3 is 2.66 bits per heavy atom. The average molecular weight is 497 g/mol. The molecule has 0 aliphatic carbocycles. The highest BCUT2D eigenvalue weighted by Crippen LogP contribution is 2.30. The number of nitrogens with zero attached hydrogens (tertiary/aromatic N) is 2. The summed E-state index contributed by atoms with van der Waals surface area (Å²) < 4.78 is 25.8. The molecule has 0 radical (unpaired) electrons. The maximum absolute atomic E-state index is 13.6. The zero-order chi connectivity index (χ0) is 25.1. The molecule has 0 saturated heterocycles. The molecule has 0 bridgehead atoms. The van der Waals surface area contributed by atoms with E-state index >= 15 is 0 Å². The fourth-order valence-corrected chi connectivity index (χ4v) is 4.79. The molecular formula is C25H21FN2O6S. The smallest absolute Gasteiger partial charge is 0.341 e. The minimum absolute atomic E-state index is 0.149. The number of carboxylic acid groups (broad SMARTS) is 1. The van der Waals surface area contributed by atoms with Crippen molar-refractivity contribution in [2.75, 3.05) is 13.2 Å². The van der Waals surface area contributed by atoms with Gasteiger partial charge in [0.05, 0.1) is 28.5 Å². The van der Waals surface area contributed by atoms with Crippen LogP contribution in [0, 0.1) is 5.82 Å². The SMILES string of the molecule is CCOC(=O)C1=C(C)N=c2s/c(=C\c3cccc(OCC(=O)O)c3)c(=O)n2[C@@H]1c1ccc(F)cc1. The van der Waals surface area contributed by atoms with E-state index in [9.17, 15) is 18.8 Å². The van der Waals surface area contributed by atoms with Crippen LogP contribution in [0.1, 0.15) is 31.0 Å². The number of allylic oxidation sites excluding steroid dienone is 1. The molecule has 4 rings (SSSR count). The van der Waals surface area contributed by atoms with Crippen molar-refractivity contribution in [2.45, 2.75) is 19.9 Å². The van der Waals surface area contributed by atoms with Gasteiger partial charge in [-0.15, -0.1) is 0 Å². The van der Waals surface area contributed by atoms with E-state index in [1.54, 1.807) is 44.2 Å². The number of thiazole rings is 1. The first-order valence-electron chi connectivity index (χ1n) is 10.7. The first-order chi connectivity index (χ1) is 16.8. The lowest BCUT2D eigenvalue weighted by Crippen LogP contribution is -2.39. The first-order valence-corrected chi connectivity index (χ1v) is 11.5. The van der Waals surface area contributed by atoms with Crippen molar-refractivity contribution in [3.8, 4) is 5.75 Å². The van der Waals surface area contributed by atoms with E-state index < -0.39 is 30.4 Å². The molecule has 1 aliphatic rings. The first kappa shape index (κ1) is 24.1. The van der Waals surface area contributed by atoms with Gasteiger partial charge in [-0.3, -0.25) is 9.36 Å². The van der Waals surface area contributed by atoms with E-state index in [1.807, 2.05) is 0 Å². The van der Waals surface area contributed by atoms with Crippen LogP contribution in [-0.2, 0) is 14.3 Å². The van der Waals surface area contributed by atoms with E-state index in [0.717, 1.165) is 11.3 Å². The number of carbonyl (C=O) groups excluding carboxylic acids is 1. The Kier molecular flexibility index (Phi) is 6.92. The molecule has 1 aromatic heterocycles. The second-order valence-corrected chi connectivity index (χ2v) is 8.62. The number of rotatable bonds is 7. The van der Waals surface area contributed by atoms with Gasteiger partial charge in [0, 0.05) is 0 Å². The summed E-state index contributed by atoms with van der Waals surface area (Å²) in [5.74, 6) is -1.79. The Hall–Kier alpha value is -4.05. The molecule has 1 aliphatic heterocycles. The van der Waals surface area contributed by atoms with Gasteiger partial charge in [-0.2, -0.15) is 0 Å². The van der Waals surface area contributed by atoms with Crippen molar-refractivity contribution >= 4 is 29.4 Å². The molecule has 0 unspecified atom stereocenters. The van der Waals surface area contributed by atoms with Crippen molar-refractivity contribution < 1.29 is 28.6 Å².